The van der Waals surface area contributed by atoms with Crippen molar-refractivity contribution in [1.82, 2.24) is 10.2 Å². The van der Waals surface area contributed by atoms with E-state index in [0.717, 1.165) is 43.3 Å². The molecule has 0 radical (unpaired) electrons. The van der Waals surface area contributed by atoms with E-state index in [2.05, 4.69) is 41.4 Å². The van der Waals surface area contributed by atoms with Gasteiger partial charge in [-0.25, -0.2) is 0 Å². The number of benzene rings is 2. The van der Waals surface area contributed by atoms with Crippen LogP contribution in [0.5, 0.6) is 0 Å². The van der Waals surface area contributed by atoms with Gasteiger partial charge in [-0.05, 0) is 62.7 Å². The van der Waals surface area contributed by atoms with Crippen molar-refractivity contribution in [3.63, 3.8) is 0 Å². The van der Waals surface area contributed by atoms with Crippen LogP contribution in [-0.4, -0.2) is 36.2 Å². The van der Waals surface area contributed by atoms with Gasteiger partial charge in [-0.3, -0.25) is 9.69 Å². The number of nitrogens with zero attached hydrogens (tertiary/aromatic N) is 1. The Balaban J connectivity index is 1.33. The predicted molar refractivity (Wildman–Crippen MR) is 114 cm³/mol. The van der Waals surface area contributed by atoms with Crippen molar-refractivity contribution in [3.05, 3.63) is 64.7 Å². The largest absolute Gasteiger partial charge is 0.355 e. The Morgan fingerprint density at radius 2 is 1.78 bits per heavy atom. The van der Waals surface area contributed by atoms with E-state index in [0.29, 0.717) is 6.54 Å². The average Bonchev–Trinajstić information content (AvgIpc) is 2.69. The van der Waals surface area contributed by atoms with Crippen molar-refractivity contribution in [2.45, 2.75) is 31.2 Å². The highest BCUT2D eigenvalue weighted by Gasteiger charge is 2.24. The number of aryl methyl sites for hydroxylation is 1. The van der Waals surface area contributed by atoms with Gasteiger partial charge in [0.2, 0.25) is 5.91 Å². The van der Waals surface area contributed by atoms with Crippen LogP contribution in [0.15, 0.2) is 53.4 Å². The maximum absolute atomic E-state index is 12.4. The lowest BCUT2D eigenvalue weighted by Crippen LogP contribution is -2.40. The first kappa shape index (κ1) is 20.2. The number of thioether (sulfide) groups is 1. The van der Waals surface area contributed by atoms with E-state index in [1.54, 1.807) is 11.8 Å². The fourth-order valence-corrected chi connectivity index (χ4v) is 4.22. The molecule has 3 nitrogen and oxygen atoms in total. The number of nitrogens with one attached hydrogen (secondary N) is 1. The number of carbonyl (C=O) groups is 1. The van der Waals surface area contributed by atoms with Gasteiger partial charge in [-0.1, -0.05) is 41.4 Å². The van der Waals surface area contributed by atoms with Gasteiger partial charge in [0, 0.05) is 34.7 Å². The third kappa shape index (κ3) is 6.56. The number of amides is 1. The molecule has 0 unspecified atom stereocenters. The molecule has 3 rings (SSSR count). The first-order chi connectivity index (χ1) is 13.1. The minimum absolute atomic E-state index is 0.153. The summed E-state index contributed by atoms with van der Waals surface area (Å²) in [5, 5.41) is 3.85. The van der Waals surface area contributed by atoms with E-state index in [-0.39, 0.29) is 11.8 Å². The summed E-state index contributed by atoms with van der Waals surface area (Å²) in [7, 11) is 0. The first-order valence-electron chi connectivity index (χ1n) is 9.54. The molecule has 0 aliphatic carbocycles. The summed E-state index contributed by atoms with van der Waals surface area (Å²) in [4.78, 5) is 16.0. The van der Waals surface area contributed by atoms with E-state index < -0.39 is 0 Å². The van der Waals surface area contributed by atoms with E-state index in [9.17, 15) is 4.79 Å². The first-order valence-corrected chi connectivity index (χ1v) is 10.9. The maximum Gasteiger partial charge on any atom is 0.223 e. The van der Waals surface area contributed by atoms with Crippen LogP contribution in [0.3, 0.4) is 0 Å². The number of rotatable bonds is 7. The van der Waals surface area contributed by atoms with Crippen LogP contribution in [0.4, 0.5) is 0 Å². The average molecular weight is 403 g/mol. The Morgan fingerprint density at radius 1 is 1.11 bits per heavy atom. The normalized spacial score (nSPS) is 15.6. The molecular weight excluding hydrogens is 376 g/mol. The highest BCUT2D eigenvalue weighted by molar-refractivity contribution is 7.99. The molecule has 0 bridgehead atoms. The Hall–Kier alpha value is -1.49. The van der Waals surface area contributed by atoms with Crippen molar-refractivity contribution in [3.8, 4) is 0 Å². The Bertz CT molecular complexity index is 725. The molecule has 27 heavy (non-hydrogen) atoms. The lowest BCUT2D eigenvalue weighted by atomic mass is 9.95. The second-order valence-corrected chi connectivity index (χ2v) is 8.73. The standard InChI is InChI=1S/C22H27ClN2OS/c1-17-2-4-18(5-3-17)16-25-13-10-19(11-14-25)22(26)24-12-15-27-21-8-6-20(23)7-9-21/h2-9,19H,10-16H2,1H3,(H,24,26). The molecule has 1 aliphatic rings. The zero-order chi connectivity index (χ0) is 19.1. The van der Waals surface area contributed by atoms with Crippen LogP contribution in [-0.2, 0) is 11.3 Å². The Kier molecular flexibility index (Phi) is 7.62. The summed E-state index contributed by atoms with van der Waals surface area (Å²) in [5.74, 6) is 1.24. The van der Waals surface area contributed by atoms with Gasteiger partial charge in [-0.15, -0.1) is 11.8 Å². The lowest BCUT2D eigenvalue weighted by Gasteiger charge is -2.31. The monoisotopic (exact) mass is 402 g/mol. The molecule has 1 heterocycles. The van der Waals surface area contributed by atoms with E-state index in [4.69, 9.17) is 11.6 Å². The molecule has 0 spiro atoms. The summed E-state index contributed by atoms with van der Waals surface area (Å²) in [6.45, 7) is 5.78. The molecule has 0 atom stereocenters. The lowest BCUT2D eigenvalue weighted by molar-refractivity contribution is -0.126. The molecule has 1 amide bonds. The van der Waals surface area contributed by atoms with Crippen LogP contribution in [0.2, 0.25) is 5.02 Å². The number of piperidine rings is 1. The topological polar surface area (TPSA) is 32.3 Å². The molecule has 2 aromatic carbocycles. The number of likely N-dealkylation sites (tertiary alicyclic amines) is 1. The summed E-state index contributed by atoms with van der Waals surface area (Å²) in [6.07, 6.45) is 1.89. The van der Waals surface area contributed by atoms with Crippen LogP contribution in [0.25, 0.3) is 0 Å². The number of hydrogen-bond donors (Lipinski definition) is 1. The van der Waals surface area contributed by atoms with E-state index in [1.807, 2.05) is 24.3 Å². The SMILES string of the molecule is Cc1ccc(CN2CCC(C(=O)NCCSc3ccc(Cl)cc3)CC2)cc1. The molecule has 0 aromatic heterocycles. The van der Waals surface area contributed by atoms with Gasteiger partial charge in [0.25, 0.3) is 0 Å². The van der Waals surface area contributed by atoms with Crippen molar-refractivity contribution in [2.75, 3.05) is 25.4 Å². The molecule has 5 heteroatoms. The second-order valence-electron chi connectivity index (χ2n) is 7.13. The van der Waals surface area contributed by atoms with Gasteiger partial charge in [-0.2, -0.15) is 0 Å². The molecule has 2 aromatic rings. The minimum atomic E-state index is 0.153. The van der Waals surface area contributed by atoms with Gasteiger partial charge in [0.05, 0.1) is 0 Å². The number of carbonyl (C=O) groups excluding carboxylic acids is 1. The zero-order valence-corrected chi connectivity index (χ0v) is 17.4. The highest BCUT2D eigenvalue weighted by Crippen LogP contribution is 2.21. The summed E-state index contributed by atoms with van der Waals surface area (Å²) < 4.78 is 0. The molecule has 1 N–H and O–H groups in total. The molecule has 1 fully saturated rings. The summed E-state index contributed by atoms with van der Waals surface area (Å²) >= 11 is 7.63. The van der Waals surface area contributed by atoms with Crippen molar-refractivity contribution in [2.24, 2.45) is 5.92 Å². The van der Waals surface area contributed by atoms with Crippen LogP contribution < -0.4 is 5.32 Å². The van der Waals surface area contributed by atoms with Gasteiger partial charge in [0.15, 0.2) is 0 Å². The van der Waals surface area contributed by atoms with Gasteiger partial charge < -0.3 is 5.32 Å². The fourth-order valence-electron chi connectivity index (χ4n) is 3.32. The van der Waals surface area contributed by atoms with E-state index >= 15 is 0 Å². The number of halogens is 1. The molecule has 0 saturated carbocycles. The minimum Gasteiger partial charge on any atom is -0.355 e. The summed E-state index contributed by atoms with van der Waals surface area (Å²) in [5.41, 5.74) is 2.64. The zero-order valence-electron chi connectivity index (χ0n) is 15.8. The van der Waals surface area contributed by atoms with E-state index in [1.165, 1.54) is 16.0 Å². The maximum atomic E-state index is 12.4. The highest BCUT2D eigenvalue weighted by atomic mass is 35.5. The predicted octanol–water partition coefficient (Wildman–Crippen LogP) is 4.77. The Labute approximate surface area is 171 Å². The molecular formula is C22H27ClN2OS. The van der Waals surface area contributed by atoms with Gasteiger partial charge in [0.1, 0.15) is 0 Å². The molecule has 1 aliphatic heterocycles. The summed E-state index contributed by atoms with van der Waals surface area (Å²) in [6, 6.07) is 16.5. The van der Waals surface area contributed by atoms with Crippen molar-refractivity contribution < 1.29 is 4.79 Å². The van der Waals surface area contributed by atoms with Crippen molar-refractivity contribution >= 4 is 29.3 Å². The van der Waals surface area contributed by atoms with Crippen LogP contribution in [0, 0.1) is 12.8 Å². The molecule has 144 valence electrons. The quantitative estimate of drug-likeness (QED) is 0.534. The smallest absolute Gasteiger partial charge is 0.223 e. The fraction of sp³-hybridized carbons (Fsp3) is 0.409. The van der Waals surface area contributed by atoms with Crippen LogP contribution >= 0.6 is 23.4 Å². The number of hydrogen-bond acceptors (Lipinski definition) is 3. The van der Waals surface area contributed by atoms with Gasteiger partial charge >= 0.3 is 0 Å². The third-order valence-electron chi connectivity index (χ3n) is 4.97. The van der Waals surface area contributed by atoms with Crippen LogP contribution in [0.1, 0.15) is 24.0 Å². The second kappa shape index (κ2) is 10.2. The van der Waals surface area contributed by atoms with Crippen molar-refractivity contribution in [1.29, 1.82) is 0 Å². The third-order valence-corrected chi connectivity index (χ3v) is 6.23. The molecule has 1 saturated heterocycles. The Morgan fingerprint density at radius 3 is 2.44 bits per heavy atom.